The lowest BCUT2D eigenvalue weighted by atomic mass is 10.0. The molecule has 0 aliphatic carbocycles. The maximum Gasteiger partial charge on any atom is 0.239 e. The van der Waals surface area contributed by atoms with Gasteiger partial charge in [-0.15, -0.1) is 0 Å². The van der Waals surface area contributed by atoms with Crippen LogP contribution < -0.4 is 29.9 Å². The number of aromatic nitrogens is 5. The van der Waals surface area contributed by atoms with Crippen LogP contribution in [0.15, 0.2) is 42.9 Å². The van der Waals surface area contributed by atoms with Crippen LogP contribution in [-0.2, 0) is 0 Å². The van der Waals surface area contributed by atoms with Gasteiger partial charge in [0.05, 0.1) is 24.0 Å². The molecule has 0 spiro atoms. The Hall–Kier alpha value is -3.51. The Labute approximate surface area is 265 Å². The molecule has 14 heteroatoms. The zero-order valence-electron chi connectivity index (χ0n) is 25.7. The van der Waals surface area contributed by atoms with Crippen LogP contribution in [0.1, 0.15) is 12.8 Å². The number of fused-ring (bicyclic) bond motifs is 1. The highest BCUT2D eigenvalue weighted by atomic mass is 32.2. The number of piperidine rings is 1. The minimum Gasteiger partial charge on any atom is -0.479 e. The Balaban J connectivity index is 1.17. The molecule has 12 nitrogen and oxygen atoms in total. The van der Waals surface area contributed by atoms with Gasteiger partial charge in [-0.1, -0.05) is 21.2 Å². The van der Waals surface area contributed by atoms with Crippen molar-refractivity contribution >= 4 is 72.2 Å². The summed E-state index contributed by atoms with van der Waals surface area (Å²) in [5, 5.41) is 7.63. The molecule has 2 N–H and O–H groups in total. The van der Waals surface area contributed by atoms with E-state index in [9.17, 15) is 0 Å². The molecule has 1 aromatic carbocycles. The first-order valence-corrected chi connectivity index (χ1v) is 16.6. The zero-order valence-corrected chi connectivity index (χ0v) is 27.7. The van der Waals surface area contributed by atoms with Crippen LogP contribution in [0.2, 0.25) is 0 Å². The minimum absolute atomic E-state index is 0.430. The number of hydrogen-bond acceptors (Lipinski definition) is 13. The molecular formula is C30H40N11OPS. The molecule has 6 rings (SSSR count). The minimum atomic E-state index is 0.430. The molecule has 1 unspecified atom stereocenters. The van der Waals surface area contributed by atoms with Gasteiger partial charge in [-0.2, -0.15) is 9.97 Å². The number of benzene rings is 1. The number of anilines is 6. The van der Waals surface area contributed by atoms with Gasteiger partial charge in [0.1, 0.15) is 22.8 Å². The number of piperazine rings is 1. The fraction of sp³-hybridized carbons (Fsp3) is 0.433. The predicted octanol–water partition coefficient (Wildman–Crippen LogP) is 3.74. The molecule has 0 amide bonds. The van der Waals surface area contributed by atoms with Gasteiger partial charge < -0.3 is 29.5 Å². The highest BCUT2D eigenvalue weighted by Gasteiger charge is 2.27. The summed E-state index contributed by atoms with van der Waals surface area (Å²) in [6, 6.07) is 8.65. The van der Waals surface area contributed by atoms with Crippen molar-refractivity contribution in [3.63, 3.8) is 0 Å². The second-order valence-electron chi connectivity index (χ2n) is 11.1. The Morgan fingerprint density at radius 1 is 0.932 bits per heavy atom. The van der Waals surface area contributed by atoms with Gasteiger partial charge in [0, 0.05) is 82.5 Å². The molecule has 0 radical (unpaired) electrons. The molecule has 2 fully saturated rings. The van der Waals surface area contributed by atoms with Gasteiger partial charge in [0.15, 0.2) is 0 Å². The van der Waals surface area contributed by atoms with E-state index in [-0.39, 0.29) is 0 Å². The summed E-state index contributed by atoms with van der Waals surface area (Å²) in [5.74, 6) is 2.52. The molecule has 2 saturated heterocycles. The summed E-state index contributed by atoms with van der Waals surface area (Å²) in [6.07, 6.45) is 9.50. The third kappa shape index (κ3) is 6.61. The number of hydrogen-bond donors (Lipinski definition) is 2. The molecule has 2 aliphatic heterocycles. The van der Waals surface area contributed by atoms with Crippen molar-refractivity contribution in [2.45, 2.75) is 18.9 Å². The number of pyridine rings is 1. The molecular weight excluding hydrogens is 593 g/mol. The molecule has 2 aliphatic rings. The molecule has 3 aromatic heterocycles. The van der Waals surface area contributed by atoms with Crippen LogP contribution in [0.3, 0.4) is 0 Å². The van der Waals surface area contributed by atoms with E-state index in [4.69, 9.17) is 14.7 Å². The Morgan fingerprint density at radius 3 is 2.43 bits per heavy atom. The normalized spacial score (nSPS) is 16.7. The van der Waals surface area contributed by atoms with Gasteiger partial charge in [0.2, 0.25) is 11.8 Å². The highest BCUT2D eigenvalue weighted by Crippen LogP contribution is 2.36. The van der Waals surface area contributed by atoms with E-state index >= 15 is 0 Å². The first-order valence-electron chi connectivity index (χ1n) is 14.8. The van der Waals surface area contributed by atoms with Crippen LogP contribution in [0.4, 0.5) is 34.6 Å². The maximum absolute atomic E-state index is 5.71. The highest BCUT2D eigenvalue weighted by molar-refractivity contribution is 7.99. The first-order chi connectivity index (χ1) is 21.4. The number of likely N-dealkylation sites (N-methyl/N-ethyl adjacent to an activating group) is 1. The van der Waals surface area contributed by atoms with Crippen LogP contribution in [0.25, 0.3) is 11.0 Å². The second-order valence-corrected chi connectivity index (χ2v) is 12.6. The Bertz CT molecular complexity index is 1600. The lowest BCUT2D eigenvalue weighted by Crippen LogP contribution is -2.52. The van der Waals surface area contributed by atoms with Crippen LogP contribution in [0.5, 0.6) is 5.88 Å². The van der Waals surface area contributed by atoms with Gasteiger partial charge in [-0.05, 0) is 44.2 Å². The molecule has 44 heavy (non-hydrogen) atoms. The quantitative estimate of drug-likeness (QED) is 0.207. The van der Waals surface area contributed by atoms with Crippen LogP contribution in [-0.4, -0.2) is 107 Å². The van der Waals surface area contributed by atoms with E-state index in [0.717, 1.165) is 85.6 Å². The van der Waals surface area contributed by atoms with Gasteiger partial charge in [-0.3, -0.25) is 14.9 Å². The van der Waals surface area contributed by atoms with Crippen LogP contribution >= 0.6 is 21.2 Å². The first kappa shape index (κ1) is 30.5. The van der Waals surface area contributed by atoms with E-state index in [1.54, 1.807) is 37.6 Å². The zero-order chi connectivity index (χ0) is 30.6. The topological polar surface area (TPSA) is 111 Å². The number of methoxy groups -OCH3 is 1. The summed E-state index contributed by atoms with van der Waals surface area (Å²) in [5.41, 5.74) is 4.13. The van der Waals surface area contributed by atoms with E-state index < -0.39 is 0 Å². The average molecular weight is 634 g/mol. The molecule has 5 heterocycles. The largest absolute Gasteiger partial charge is 0.479 e. The molecule has 1 atom stereocenters. The number of nitrogens with zero attached hydrogens (tertiary/aromatic N) is 9. The summed E-state index contributed by atoms with van der Waals surface area (Å²) >= 11 is 1.60. The second kappa shape index (κ2) is 13.6. The predicted molar refractivity (Wildman–Crippen MR) is 184 cm³/mol. The standard InChI is InChI=1S/C30H40N11OPS/c1-38-15-17-40(18-16-38)20-9-13-41(14-10-20)25-8-7-23(29(36-25)42-3)35-30-33-19-24(43)28(37-30)34-22-6-5-21-26(32-12-11-31-21)27(22)39(2)44-4/h5-8,11-12,19-20H,9-10,13-18,43H2,1-4H3,(H2,33,34,35,37). The average Bonchev–Trinajstić information content (AvgIpc) is 3.06. The van der Waals surface area contributed by atoms with Gasteiger partial charge in [0.25, 0.3) is 0 Å². The Morgan fingerprint density at radius 2 is 1.68 bits per heavy atom. The summed E-state index contributed by atoms with van der Waals surface area (Å²) in [7, 11) is 8.56. The SMILES string of the molecule is COc1nc(N2CCC(N3CCN(C)CC3)CC2)ccc1Nc1ncc(P)c(Nc2ccc3nccnc3c2N(C)SC)n1. The van der Waals surface area contributed by atoms with E-state index in [2.05, 4.69) is 60.9 Å². The van der Waals surface area contributed by atoms with Crippen molar-refractivity contribution in [1.82, 2.24) is 34.7 Å². The maximum atomic E-state index is 5.71. The van der Waals surface area contributed by atoms with Gasteiger partial charge >= 0.3 is 0 Å². The summed E-state index contributed by atoms with van der Waals surface area (Å²) in [6.45, 7) is 6.62. The van der Waals surface area contributed by atoms with Crippen molar-refractivity contribution in [2.24, 2.45) is 0 Å². The van der Waals surface area contributed by atoms with Crippen molar-refractivity contribution in [3.8, 4) is 5.88 Å². The van der Waals surface area contributed by atoms with Crippen LogP contribution in [0, 0.1) is 0 Å². The monoisotopic (exact) mass is 633 g/mol. The number of rotatable bonds is 9. The third-order valence-corrected chi connectivity index (χ3v) is 9.55. The van der Waals surface area contributed by atoms with E-state index in [0.29, 0.717) is 29.4 Å². The number of ether oxygens (including phenoxy) is 1. The smallest absolute Gasteiger partial charge is 0.239 e. The molecule has 0 bridgehead atoms. The fourth-order valence-electron chi connectivity index (χ4n) is 5.84. The number of nitrogens with one attached hydrogen (secondary N) is 2. The summed E-state index contributed by atoms with van der Waals surface area (Å²) < 4.78 is 7.78. The lowest BCUT2D eigenvalue weighted by molar-refractivity contribution is 0.0981. The fourth-order valence-corrected chi connectivity index (χ4v) is 6.42. The van der Waals surface area contributed by atoms with E-state index in [1.165, 1.54) is 0 Å². The summed E-state index contributed by atoms with van der Waals surface area (Å²) in [4.78, 5) is 30.7. The molecule has 4 aromatic rings. The molecule has 232 valence electrons. The third-order valence-electron chi connectivity index (χ3n) is 8.40. The van der Waals surface area contributed by atoms with Crippen molar-refractivity contribution in [1.29, 1.82) is 0 Å². The van der Waals surface area contributed by atoms with Crippen molar-refractivity contribution < 1.29 is 4.74 Å². The molecule has 0 saturated carbocycles. The van der Waals surface area contributed by atoms with Crippen molar-refractivity contribution in [2.75, 3.05) is 86.6 Å². The van der Waals surface area contributed by atoms with Gasteiger partial charge in [-0.25, -0.2) is 4.98 Å². The Kier molecular flexibility index (Phi) is 9.46. The van der Waals surface area contributed by atoms with E-state index in [1.807, 2.05) is 37.6 Å². The van der Waals surface area contributed by atoms with Crippen molar-refractivity contribution in [3.05, 3.63) is 42.9 Å². The lowest BCUT2D eigenvalue weighted by Gasteiger charge is -2.42.